The maximum absolute atomic E-state index is 10.6. The Balaban J connectivity index is 1.98. The monoisotopic (exact) mass is 254 g/mol. The first kappa shape index (κ1) is 12.4. The molecular weight excluding hydrogens is 236 g/mol. The number of aliphatic carboxylic acids is 1. The van der Waals surface area contributed by atoms with Crippen molar-refractivity contribution in [1.29, 1.82) is 0 Å². The van der Waals surface area contributed by atoms with E-state index in [2.05, 4.69) is 17.2 Å². The molecule has 94 valence electrons. The van der Waals surface area contributed by atoms with Crippen LogP contribution < -0.4 is 5.32 Å². The zero-order chi connectivity index (χ0) is 12.3. The van der Waals surface area contributed by atoms with Gasteiger partial charge in [-0.15, -0.1) is 11.3 Å². The number of anilines is 1. The van der Waals surface area contributed by atoms with E-state index in [-0.39, 0.29) is 12.0 Å². The summed E-state index contributed by atoms with van der Waals surface area (Å²) >= 11 is 1.50. The maximum Gasteiger partial charge on any atom is 0.309 e. The summed E-state index contributed by atoms with van der Waals surface area (Å²) in [6.07, 6.45) is 6.18. The standard InChI is InChI=1S/C12H18N2O2S/c1-12(5-3-2-4-6-12)14-11-13-9(8-17-11)7-10(15)16/h8H,2-7H2,1H3,(H,13,14)(H,15,16). The molecule has 1 aromatic rings. The van der Waals surface area contributed by atoms with E-state index in [1.165, 1.54) is 43.4 Å². The van der Waals surface area contributed by atoms with E-state index in [0.29, 0.717) is 5.69 Å². The van der Waals surface area contributed by atoms with Crippen LogP contribution in [0.4, 0.5) is 5.13 Å². The van der Waals surface area contributed by atoms with Crippen molar-refractivity contribution in [3.8, 4) is 0 Å². The first-order valence-corrected chi connectivity index (χ1v) is 6.90. The number of nitrogens with one attached hydrogen (secondary N) is 1. The molecular formula is C12H18N2O2S. The van der Waals surface area contributed by atoms with E-state index >= 15 is 0 Å². The van der Waals surface area contributed by atoms with Crippen LogP contribution in [0.15, 0.2) is 5.38 Å². The largest absolute Gasteiger partial charge is 0.481 e. The summed E-state index contributed by atoms with van der Waals surface area (Å²) < 4.78 is 0. The van der Waals surface area contributed by atoms with Crippen LogP contribution in [0.25, 0.3) is 0 Å². The van der Waals surface area contributed by atoms with Crippen LogP contribution >= 0.6 is 11.3 Å². The number of carboxylic acid groups (broad SMARTS) is 1. The van der Waals surface area contributed by atoms with Gasteiger partial charge in [-0.25, -0.2) is 4.98 Å². The van der Waals surface area contributed by atoms with Crippen molar-refractivity contribution in [2.75, 3.05) is 5.32 Å². The Kier molecular flexibility index (Phi) is 3.66. The Bertz CT molecular complexity index is 397. The Morgan fingerprint density at radius 3 is 2.88 bits per heavy atom. The van der Waals surface area contributed by atoms with Crippen LogP contribution in [0.2, 0.25) is 0 Å². The molecule has 5 heteroatoms. The second kappa shape index (κ2) is 5.04. The summed E-state index contributed by atoms with van der Waals surface area (Å²) in [7, 11) is 0. The number of carbonyl (C=O) groups is 1. The van der Waals surface area contributed by atoms with Crippen molar-refractivity contribution in [3.63, 3.8) is 0 Å². The van der Waals surface area contributed by atoms with Gasteiger partial charge in [0.15, 0.2) is 5.13 Å². The lowest BCUT2D eigenvalue weighted by Gasteiger charge is -2.34. The first-order chi connectivity index (χ1) is 8.07. The molecule has 0 radical (unpaired) electrons. The first-order valence-electron chi connectivity index (χ1n) is 6.02. The molecule has 0 saturated heterocycles. The third-order valence-corrected chi connectivity index (χ3v) is 4.06. The Morgan fingerprint density at radius 2 is 2.24 bits per heavy atom. The Hall–Kier alpha value is -1.10. The summed E-state index contributed by atoms with van der Waals surface area (Å²) in [4.78, 5) is 14.9. The molecule has 0 atom stereocenters. The highest BCUT2D eigenvalue weighted by Crippen LogP contribution is 2.32. The molecule has 0 unspecified atom stereocenters. The summed E-state index contributed by atoms with van der Waals surface area (Å²) in [5.74, 6) is -0.828. The molecule has 0 aliphatic heterocycles. The van der Waals surface area contributed by atoms with Crippen LogP contribution in [0.1, 0.15) is 44.7 Å². The molecule has 1 aromatic heterocycles. The smallest absolute Gasteiger partial charge is 0.309 e. The van der Waals surface area contributed by atoms with E-state index in [0.717, 1.165) is 5.13 Å². The van der Waals surface area contributed by atoms with Crippen molar-refractivity contribution in [3.05, 3.63) is 11.1 Å². The normalized spacial score (nSPS) is 18.9. The van der Waals surface area contributed by atoms with Gasteiger partial charge in [0.25, 0.3) is 0 Å². The van der Waals surface area contributed by atoms with Gasteiger partial charge in [0.2, 0.25) is 0 Å². The highest BCUT2D eigenvalue weighted by atomic mass is 32.1. The predicted molar refractivity (Wildman–Crippen MR) is 68.6 cm³/mol. The minimum atomic E-state index is -0.828. The van der Waals surface area contributed by atoms with E-state index in [1.807, 2.05) is 5.38 Å². The predicted octanol–water partition coefficient (Wildman–Crippen LogP) is 2.90. The van der Waals surface area contributed by atoms with E-state index in [4.69, 9.17) is 5.11 Å². The number of hydrogen-bond acceptors (Lipinski definition) is 4. The van der Waals surface area contributed by atoms with Crippen molar-refractivity contribution in [1.82, 2.24) is 4.98 Å². The summed E-state index contributed by atoms with van der Waals surface area (Å²) in [6.45, 7) is 2.23. The average molecular weight is 254 g/mol. The Morgan fingerprint density at radius 1 is 1.53 bits per heavy atom. The molecule has 0 bridgehead atoms. The molecule has 17 heavy (non-hydrogen) atoms. The van der Waals surface area contributed by atoms with Crippen molar-refractivity contribution in [2.45, 2.75) is 51.0 Å². The molecule has 1 aliphatic carbocycles. The van der Waals surface area contributed by atoms with Gasteiger partial charge in [0, 0.05) is 10.9 Å². The Labute approximate surface area is 105 Å². The third kappa shape index (κ3) is 3.43. The summed E-state index contributed by atoms with van der Waals surface area (Å²) in [5, 5.41) is 14.8. The van der Waals surface area contributed by atoms with Gasteiger partial charge in [-0.3, -0.25) is 4.79 Å². The van der Waals surface area contributed by atoms with E-state index in [1.54, 1.807) is 0 Å². The van der Waals surface area contributed by atoms with Gasteiger partial charge >= 0.3 is 5.97 Å². The number of nitrogens with zero attached hydrogens (tertiary/aromatic N) is 1. The van der Waals surface area contributed by atoms with E-state index < -0.39 is 5.97 Å². The van der Waals surface area contributed by atoms with Gasteiger partial charge in [0.05, 0.1) is 12.1 Å². The SMILES string of the molecule is CC1(Nc2nc(CC(=O)O)cs2)CCCCC1. The minimum Gasteiger partial charge on any atom is -0.481 e. The van der Waals surface area contributed by atoms with Gasteiger partial charge < -0.3 is 10.4 Å². The average Bonchev–Trinajstić information content (AvgIpc) is 2.64. The lowest BCUT2D eigenvalue weighted by molar-refractivity contribution is -0.136. The molecule has 1 fully saturated rings. The fourth-order valence-electron chi connectivity index (χ4n) is 2.32. The van der Waals surface area contributed by atoms with Crippen LogP contribution in [-0.4, -0.2) is 21.6 Å². The molecule has 1 heterocycles. The minimum absolute atomic E-state index is 0.00882. The van der Waals surface area contributed by atoms with E-state index in [9.17, 15) is 4.79 Å². The zero-order valence-corrected chi connectivity index (χ0v) is 10.8. The van der Waals surface area contributed by atoms with Crippen LogP contribution in [-0.2, 0) is 11.2 Å². The topological polar surface area (TPSA) is 62.2 Å². The zero-order valence-electron chi connectivity index (χ0n) is 10.0. The molecule has 4 nitrogen and oxygen atoms in total. The molecule has 0 aromatic carbocycles. The number of hydrogen-bond donors (Lipinski definition) is 2. The fraction of sp³-hybridized carbons (Fsp3) is 0.667. The van der Waals surface area contributed by atoms with Gasteiger partial charge in [0.1, 0.15) is 0 Å². The summed E-state index contributed by atoms with van der Waals surface area (Å²) in [5.41, 5.74) is 0.778. The number of rotatable bonds is 4. The second-order valence-corrected chi connectivity index (χ2v) is 5.82. The van der Waals surface area contributed by atoms with Crippen LogP contribution in [0.5, 0.6) is 0 Å². The molecule has 0 spiro atoms. The van der Waals surface area contributed by atoms with Crippen molar-refractivity contribution < 1.29 is 9.90 Å². The fourth-order valence-corrected chi connectivity index (χ4v) is 3.17. The number of aromatic nitrogens is 1. The van der Waals surface area contributed by atoms with Gasteiger partial charge in [-0.2, -0.15) is 0 Å². The van der Waals surface area contributed by atoms with Crippen LogP contribution in [0, 0.1) is 0 Å². The molecule has 2 N–H and O–H groups in total. The summed E-state index contributed by atoms with van der Waals surface area (Å²) in [6, 6.07) is 0. The molecule has 1 saturated carbocycles. The second-order valence-electron chi connectivity index (χ2n) is 4.96. The highest BCUT2D eigenvalue weighted by molar-refractivity contribution is 7.13. The number of carboxylic acids is 1. The molecule has 2 rings (SSSR count). The van der Waals surface area contributed by atoms with Gasteiger partial charge in [-0.1, -0.05) is 19.3 Å². The maximum atomic E-state index is 10.6. The van der Waals surface area contributed by atoms with Gasteiger partial charge in [-0.05, 0) is 19.8 Å². The quantitative estimate of drug-likeness (QED) is 0.867. The molecule has 0 amide bonds. The third-order valence-electron chi connectivity index (χ3n) is 3.25. The lowest BCUT2D eigenvalue weighted by atomic mass is 9.83. The van der Waals surface area contributed by atoms with Crippen molar-refractivity contribution in [2.24, 2.45) is 0 Å². The van der Waals surface area contributed by atoms with Crippen molar-refractivity contribution >= 4 is 22.4 Å². The molecule has 1 aliphatic rings. The lowest BCUT2D eigenvalue weighted by Crippen LogP contribution is -2.36. The number of thiazole rings is 1. The van der Waals surface area contributed by atoms with Crippen LogP contribution in [0.3, 0.4) is 0 Å². The highest BCUT2D eigenvalue weighted by Gasteiger charge is 2.27.